The van der Waals surface area contributed by atoms with Gasteiger partial charge in [-0.3, -0.25) is 9.78 Å². The summed E-state index contributed by atoms with van der Waals surface area (Å²) in [5.74, 6) is -0.235. The average molecular weight is 386 g/mol. The molecule has 146 valence electrons. The van der Waals surface area contributed by atoms with Gasteiger partial charge < -0.3 is 15.3 Å². The van der Waals surface area contributed by atoms with Gasteiger partial charge in [-0.15, -0.1) is 0 Å². The number of aliphatic hydroxyl groups excluding tert-OH is 1. The van der Waals surface area contributed by atoms with Gasteiger partial charge in [-0.25, -0.2) is 0 Å². The summed E-state index contributed by atoms with van der Waals surface area (Å²) in [5, 5.41) is 22.5. The largest absolute Gasteiger partial charge is 0.394 e. The highest BCUT2D eigenvalue weighted by Crippen LogP contribution is 2.33. The van der Waals surface area contributed by atoms with Crippen molar-refractivity contribution in [1.82, 2.24) is 4.98 Å². The first-order valence-corrected chi connectivity index (χ1v) is 9.69. The summed E-state index contributed by atoms with van der Waals surface area (Å²) in [7, 11) is 0. The number of aliphatic hydroxyl groups is 1. The molecule has 1 aliphatic heterocycles. The number of hydrogen-bond acceptors (Lipinski definition) is 5. The number of benzene rings is 2. The number of fused-ring (bicyclic) bond motifs is 1. The van der Waals surface area contributed by atoms with E-state index in [0.717, 1.165) is 41.7 Å². The van der Waals surface area contributed by atoms with Gasteiger partial charge in [-0.1, -0.05) is 0 Å². The highest BCUT2D eigenvalue weighted by molar-refractivity contribution is 6.05. The van der Waals surface area contributed by atoms with Crippen LogP contribution in [0.15, 0.2) is 48.5 Å². The van der Waals surface area contributed by atoms with E-state index in [1.165, 1.54) is 0 Å². The number of carbonyl (C=O) groups is 1. The van der Waals surface area contributed by atoms with Gasteiger partial charge in [-0.2, -0.15) is 5.26 Å². The Bertz CT molecular complexity index is 1100. The second kappa shape index (κ2) is 7.90. The lowest BCUT2D eigenvalue weighted by molar-refractivity contribution is 0.102. The highest BCUT2D eigenvalue weighted by Gasteiger charge is 2.25. The third-order valence-corrected chi connectivity index (χ3v) is 5.35. The molecule has 3 aromatic rings. The van der Waals surface area contributed by atoms with E-state index in [9.17, 15) is 9.90 Å². The number of rotatable bonds is 4. The number of carbonyl (C=O) groups excluding carboxylic acids is 1. The maximum absolute atomic E-state index is 12.5. The summed E-state index contributed by atoms with van der Waals surface area (Å²) in [4.78, 5) is 19.4. The summed E-state index contributed by atoms with van der Waals surface area (Å²) >= 11 is 0. The molecule has 1 amide bonds. The standard InChI is InChI=1S/C23H22N4O2/c1-15-11-22(27-10-2-3-19(27)14-28)20-9-8-18(12-21(20)25-15)26-23(29)17-6-4-16(13-24)5-7-17/h4-9,11-12,19,28H,2-3,10,14H2,1H3,(H,26,29). The molecule has 6 nitrogen and oxygen atoms in total. The van der Waals surface area contributed by atoms with Crippen molar-refractivity contribution < 1.29 is 9.90 Å². The Labute approximate surface area is 169 Å². The molecule has 0 saturated carbocycles. The number of amides is 1. The SMILES string of the molecule is Cc1cc(N2CCCC2CO)c2ccc(NC(=O)c3ccc(C#N)cc3)cc2n1. The van der Waals surface area contributed by atoms with E-state index in [4.69, 9.17) is 5.26 Å². The van der Waals surface area contributed by atoms with Crippen LogP contribution in [0.4, 0.5) is 11.4 Å². The molecule has 1 atom stereocenters. The predicted molar refractivity (Wildman–Crippen MR) is 113 cm³/mol. The number of nitriles is 1. The van der Waals surface area contributed by atoms with Gasteiger partial charge in [-0.05, 0) is 68.3 Å². The van der Waals surface area contributed by atoms with E-state index >= 15 is 0 Å². The van der Waals surface area contributed by atoms with Gasteiger partial charge in [0.25, 0.3) is 5.91 Å². The summed E-state index contributed by atoms with van der Waals surface area (Å²) in [5.41, 5.74) is 4.45. The lowest BCUT2D eigenvalue weighted by atomic mass is 10.1. The number of hydrogen-bond donors (Lipinski definition) is 2. The van der Waals surface area contributed by atoms with Crippen molar-refractivity contribution in [1.29, 1.82) is 5.26 Å². The Morgan fingerprint density at radius 1 is 1.28 bits per heavy atom. The van der Waals surface area contributed by atoms with E-state index in [-0.39, 0.29) is 18.6 Å². The van der Waals surface area contributed by atoms with Crippen molar-refractivity contribution >= 4 is 28.2 Å². The molecule has 1 aliphatic rings. The van der Waals surface area contributed by atoms with E-state index in [1.54, 1.807) is 24.3 Å². The van der Waals surface area contributed by atoms with Crippen LogP contribution in [-0.2, 0) is 0 Å². The zero-order chi connectivity index (χ0) is 20.4. The zero-order valence-corrected chi connectivity index (χ0v) is 16.2. The summed E-state index contributed by atoms with van der Waals surface area (Å²) in [6.07, 6.45) is 2.05. The Balaban J connectivity index is 1.64. The highest BCUT2D eigenvalue weighted by atomic mass is 16.3. The molecule has 1 aromatic heterocycles. The van der Waals surface area contributed by atoms with E-state index < -0.39 is 0 Å². The van der Waals surface area contributed by atoms with Gasteiger partial charge in [0.1, 0.15) is 0 Å². The minimum atomic E-state index is -0.235. The van der Waals surface area contributed by atoms with E-state index in [1.807, 2.05) is 31.2 Å². The Morgan fingerprint density at radius 2 is 2.07 bits per heavy atom. The Morgan fingerprint density at radius 3 is 2.79 bits per heavy atom. The van der Waals surface area contributed by atoms with Crippen LogP contribution in [0.5, 0.6) is 0 Å². The first kappa shape index (κ1) is 18.9. The maximum atomic E-state index is 12.5. The van der Waals surface area contributed by atoms with E-state index in [2.05, 4.69) is 21.3 Å². The number of pyridine rings is 1. The molecule has 0 bridgehead atoms. The van der Waals surface area contributed by atoms with Gasteiger partial charge >= 0.3 is 0 Å². The van der Waals surface area contributed by atoms with Crippen molar-refractivity contribution in [2.24, 2.45) is 0 Å². The van der Waals surface area contributed by atoms with Crippen molar-refractivity contribution in [3.8, 4) is 6.07 Å². The smallest absolute Gasteiger partial charge is 0.255 e. The normalized spacial score (nSPS) is 16.0. The van der Waals surface area contributed by atoms with Crippen LogP contribution in [0, 0.1) is 18.3 Å². The second-order valence-electron chi connectivity index (χ2n) is 7.33. The molecule has 4 rings (SSSR count). The minimum absolute atomic E-state index is 0.135. The van der Waals surface area contributed by atoms with Crippen LogP contribution in [0.2, 0.25) is 0 Å². The fourth-order valence-corrected chi connectivity index (χ4v) is 3.90. The van der Waals surface area contributed by atoms with Crippen LogP contribution in [0.25, 0.3) is 10.9 Å². The zero-order valence-electron chi connectivity index (χ0n) is 16.2. The quantitative estimate of drug-likeness (QED) is 0.715. The molecule has 1 saturated heterocycles. The monoisotopic (exact) mass is 386 g/mol. The lowest BCUT2D eigenvalue weighted by Gasteiger charge is -2.27. The Kier molecular flexibility index (Phi) is 5.15. The molecular formula is C23H22N4O2. The molecule has 2 heterocycles. The number of nitrogens with zero attached hydrogens (tertiary/aromatic N) is 3. The lowest BCUT2D eigenvalue weighted by Crippen LogP contribution is -2.32. The van der Waals surface area contributed by atoms with Crippen LogP contribution in [-0.4, -0.2) is 35.2 Å². The molecule has 29 heavy (non-hydrogen) atoms. The molecule has 1 fully saturated rings. The van der Waals surface area contributed by atoms with Crippen LogP contribution in [0.3, 0.4) is 0 Å². The third kappa shape index (κ3) is 3.78. The summed E-state index contributed by atoms with van der Waals surface area (Å²) in [6, 6.07) is 16.5. The molecule has 6 heteroatoms. The molecule has 2 N–H and O–H groups in total. The van der Waals surface area contributed by atoms with E-state index in [0.29, 0.717) is 16.8 Å². The first-order valence-electron chi connectivity index (χ1n) is 9.69. The fraction of sp³-hybridized carbons (Fsp3) is 0.261. The third-order valence-electron chi connectivity index (χ3n) is 5.35. The second-order valence-corrected chi connectivity index (χ2v) is 7.33. The van der Waals surface area contributed by atoms with Crippen molar-refractivity contribution in [3.63, 3.8) is 0 Å². The van der Waals surface area contributed by atoms with Gasteiger partial charge in [0.05, 0.1) is 29.8 Å². The summed E-state index contributed by atoms with van der Waals surface area (Å²) in [6.45, 7) is 3.01. The number of aromatic nitrogens is 1. The molecule has 0 spiro atoms. The summed E-state index contributed by atoms with van der Waals surface area (Å²) < 4.78 is 0. The number of anilines is 2. The molecule has 0 aliphatic carbocycles. The molecule has 2 aromatic carbocycles. The van der Waals surface area contributed by atoms with Crippen molar-refractivity contribution in [2.45, 2.75) is 25.8 Å². The number of nitrogens with one attached hydrogen (secondary N) is 1. The Hall–Kier alpha value is -3.43. The minimum Gasteiger partial charge on any atom is -0.394 e. The predicted octanol–water partition coefficient (Wildman–Crippen LogP) is 3.63. The number of aryl methyl sites for hydroxylation is 1. The first-order chi connectivity index (χ1) is 14.1. The van der Waals surface area contributed by atoms with Crippen molar-refractivity contribution in [2.75, 3.05) is 23.4 Å². The van der Waals surface area contributed by atoms with Crippen LogP contribution in [0.1, 0.15) is 34.5 Å². The molecular weight excluding hydrogens is 364 g/mol. The molecule has 1 unspecified atom stereocenters. The van der Waals surface area contributed by atoms with Gasteiger partial charge in [0, 0.05) is 34.6 Å². The topological polar surface area (TPSA) is 89.2 Å². The molecule has 0 radical (unpaired) electrons. The van der Waals surface area contributed by atoms with Crippen molar-refractivity contribution in [3.05, 3.63) is 65.4 Å². The van der Waals surface area contributed by atoms with Crippen LogP contribution < -0.4 is 10.2 Å². The maximum Gasteiger partial charge on any atom is 0.255 e. The van der Waals surface area contributed by atoms with Crippen LogP contribution >= 0.6 is 0 Å². The average Bonchev–Trinajstić information content (AvgIpc) is 3.21. The van der Waals surface area contributed by atoms with Gasteiger partial charge in [0.15, 0.2) is 0 Å². The van der Waals surface area contributed by atoms with Gasteiger partial charge in [0.2, 0.25) is 0 Å². The fourth-order valence-electron chi connectivity index (χ4n) is 3.90.